The van der Waals surface area contributed by atoms with Gasteiger partial charge in [-0.25, -0.2) is 0 Å². The third-order valence-electron chi connectivity index (χ3n) is 6.76. The summed E-state index contributed by atoms with van der Waals surface area (Å²) in [6.45, 7) is 3.19. The summed E-state index contributed by atoms with van der Waals surface area (Å²) in [7, 11) is 0. The molecular weight excluding hydrogens is 372 g/mol. The summed E-state index contributed by atoms with van der Waals surface area (Å²) in [4.78, 5) is 8.90. The molecule has 0 radical (unpaired) electrons. The molecule has 0 N–H and O–H groups in total. The van der Waals surface area contributed by atoms with Gasteiger partial charge in [-0.05, 0) is 16.7 Å². The third kappa shape index (κ3) is 2.44. The molecule has 4 nitrogen and oxygen atoms in total. The van der Waals surface area contributed by atoms with E-state index in [4.69, 9.17) is 14.7 Å². The number of hydrogen-bond acceptors (Lipinski definition) is 4. The normalized spacial score (nSPS) is 27.8. The van der Waals surface area contributed by atoms with E-state index < -0.39 is 5.54 Å². The highest BCUT2D eigenvalue weighted by molar-refractivity contribution is 6.10. The van der Waals surface area contributed by atoms with Crippen LogP contribution in [0.1, 0.15) is 28.2 Å². The topological polar surface area (TPSA) is 34.1 Å². The highest BCUT2D eigenvalue weighted by atomic mass is 16.6. The summed E-state index contributed by atoms with van der Waals surface area (Å²) < 4.78 is 5.72. The van der Waals surface area contributed by atoms with Crippen LogP contribution >= 0.6 is 0 Å². The second kappa shape index (κ2) is 7.08. The standard InChI is InChI=1S/C26H24N2O2/c1-3-9-19(10-4-1)23-21-13-7-8-14-22(21)26(28-15-17-29-18-16-28)24(27-30-25(23)26)20-11-5-2-6-12-20/h1-14,23,25H,15-18H2/t23-,25+,26-/m0/s1. The van der Waals surface area contributed by atoms with Gasteiger partial charge in [0.25, 0.3) is 0 Å². The summed E-state index contributed by atoms with van der Waals surface area (Å²) in [5.74, 6) is 0.134. The van der Waals surface area contributed by atoms with Crippen molar-refractivity contribution in [3.8, 4) is 0 Å². The minimum atomic E-state index is -0.414. The Bertz CT molecular complexity index is 1080. The van der Waals surface area contributed by atoms with Crippen LogP contribution in [0.25, 0.3) is 0 Å². The van der Waals surface area contributed by atoms with E-state index >= 15 is 0 Å². The summed E-state index contributed by atoms with van der Waals surface area (Å²) >= 11 is 0. The Balaban J connectivity index is 1.60. The molecule has 3 aromatic rings. The van der Waals surface area contributed by atoms with Gasteiger partial charge >= 0.3 is 0 Å². The molecule has 150 valence electrons. The molecule has 30 heavy (non-hydrogen) atoms. The lowest BCUT2D eigenvalue weighted by Gasteiger charge is -2.43. The minimum absolute atomic E-state index is 0.106. The van der Waals surface area contributed by atoms with Crippen LogP contribution in [0.4, 0.5) is 0 Å². The Hall–Kier alpha value is -2.95. The first-order chi connectivity index (χ1) is 14.9. The molecule has 0 unspecified atom stereocenters. The van der Waals surface area contributed by atoms with Gasteiger partial charge in [-0.3, -0.25) is 4.90 Å². The molecule has 0 saturated carbocycles. The number of benzene rings is 3. The zero-order chi connectivity index (χ0) is 20.0. The summed E-state index contributed by atoms with van der Waals surface area (Å²) in [5, 5.41) is 4.75. The van der Waals surface area contributed by atoms with Crippen LogP contribution < -0.4 is 0 Å². The van der Waals surface area contributed by atoms with Gasteiger partial charge in [0.1, 0.15) is 11.3 Å². The Kier molecular flexibility index (Phi) is 4.22. The number of nitrogens with zero attached hydrogens (tertiary/aromatic N) is 2. The van der Waals surface area contributed by atoms with Gasteiger partial charge < -0.3 is 9.57 Å². The average molecular weight is 396 g/mol. The molecular formula is C26H24N2O2. The van der Waals surface area contributed by atoms with Crippen LogP contribution in [0.3, 0.4) is 0 Å². The maximum absolute atomic E-state index is 6.36. The van der Waals surface area contributed by atoms with E-state index in [1.54, 1.807) is 0 Å². The molecule has 4 heteroatoms. The number of ether oxygens (including phenoxy) is 1. The van der Waals surface area contributed by atoms with Crippen molar-refractivity contribution >= 4 is 5.71 Å². The monoisotopic (exact) mass is 396 g/mol. The third-order valence-corrected chi connectivity index (χ3v) is 6.76. The lowest BCUT2D eigenvalue weighted by atomic mass is 9.78. The van der Waals surface area contributed by atoms with Crippen LogP contribution in [0.5, 0.6) is 0 Å². The number of hydrogen-bond donors (Lipinski definition) is 0. The maximum Gasteiger partial charge on any atom is 0.166 e. The van der Waals surface area contributed by atoms with Gasteiger partial charge in [-0.15, -0.1) is 0 Å². The zero-order valence-corrected chi connectivity index (χ0v) is 16.8. The molecule has 1 saturated heterocycles. The van der Waals surface area contributed by atoms with Crippen molar-refractivity contribution in [1.29, 1.82) is 0 Å². The smallest absolute Gasteiger partial charge is 0.166 e. The number of oxime groups is 1. The zero-order valence-electron chi connectivity index (χ0n) is 16.8. The average Bonchev–Trinajstić information content (AvgIpc) is 3.35. The molecule has 3 atom stereocenters. The Morgan fingerprint density at radius 2 is 1.47 bits per heavy atom. The molecule has 6 rings (SSSR count). The summed E-state index contributed by atoms with van der Waals surface area (Å²) in [5.41, 5.74) is 5.64. The molecule has 0 amide bonds. The van der Waals surface area contributed by atoms with Gasteiger partial charge in [-0.1, -0.05) is 90.1 Å². The van der Waals surface area contributed by atoms with E-state index in [0.29, 0.717) is 0 Å². The second-order valence-electron chi connectivity index (χ2n) is 8.17. The Morgan fingerprint density at radius 1 is 0.800 bits per heavy atom. The summed E-state index contributed by atoms with van der Waals surface area (Å²) in [6.07, 6.45) is -0.106. The highest BCUT2D eigenvalue weighted by Crippen LogP contribution is 2.56. The van der Waals surface area contributed by atoms with Crippen LogP contribution in [-0.2, 0) is 15.1 Å². The molecule has 0 spiro atoms. The Labute approximate surface area is 176 Å². The van der Waals surface area contributed by atoms with Crippen LogP contribution in [-0.4, -0.2) is 43.0 Å². The van der Waals surface area contributed by atoms with E-state index in [0.717, 1.165) is 37.6 Å². The van der Waals surface area contributed by atoms with Crippen molar-refractivity contribution in [2.45, 2.75) is 17.6 Å². The number of morpholine rings is 1. The van der Waals surface area contributed by atoms with E-state index in [-0.39, 0.29) is 12.0 Å². The molecule has 2 aliphatic heterocycles. The number of rotatable bonds is 3. The first-order valence-corrected chi connectivity index (χ1v) is 10.7. The first kappa shape index (κ1) is 17.9. The predicted octanol–water partition coefficient (Wildman–Crippen LogP) is 4.16. The SMILES string of the molecule is c1ccc(C2=NO[C@@H]3[C@@H](c4ccccc4)c4ccccc4[C@]23N2CCOCC2)cc1. The van der Waals surface area contributed by atoms with Gasteiger partial charge in [0.05, 0.1) is 19.1 Å². The molecule has 1 fully saturated rings. The fourth-order valence-corrected chi connectivity index (χ4v) is 5.55. The van der Waals surface area contributed by atoms with E-state index in [1.807, 2.05) is 6.07 Å². The van der Waals surface area contributed by atoms with E-state index in [9.17, 15) is 0 Å². The maximum atomic E-state index is 6.36. The molecule has 0 bridgehead atoms. The van der Waals surface area contributed by atoms with Gasteiger partial charge in [-0.2, -0.15) is 0 Å². The van der Waals surface area contributed by atoms with Gasteiger partial charge in [0.15, 0.2) is 6.10 Å². The van der Waals surface area contributed by atoms with Gasteiger partial charge in [0, 0.05) is 18.7 Å². The second-order valence-corrected chi connectivity index (χ2v) is 8.17. The minimum Gasteiger partial charge on any atom is -0.388 e. The highest BCUT2D eigenvalue weighted by Gasteiger charge is 2.64. The predicted molar refractivity (Wildman–Crippen MR) is 117 cm³/mol. The van der Waals surface area contributed by atoms with Crippen molar-refractivity contribution in [1.82, 2.24) is 4.90 Å². The molecule has 0 aromatic heterocycles. The van der Waals surface area contributed by atoms with Crippen LogP contribution in [0.15, 0.2) is 90.1 Å². The van der Waals surface area contributed by atoms with Crippen molar-refractivity contribution in [2.24, 2.45) is 5.16 Å². The van der Waals surface area contributed by atoms with E-state index in [2.05, 4.69) is 83.8 Å². The Morgan fingerprint density at radius 3 is 2.23 bits per heavy atom. The largest absolute Gasteiger partial charge is 0.388 e. The van der Waals surface area contributed by atoms with Crippen molar-refractivity contribution in [2.75, 3.05) is 26.3 Å². The summed E-state index contributed by atoms with van der Waals surface area (Å²) in [6, 6.07) is 30.0. The lowest BCUT2D eigenvalue weighted by Crippen LogP contribution is -2.59. The van der Waals surface area contributed by atoms with Crippen molar-refractivity contribution in [3.63, 3.8) is 0 Å². The molecule has 2 heterocycles. The fraction of sp³-hybridized carbons (Fsp3) is 0.269. The molecule has 1 aliphatic carbocycles. The lowest BCUT2D eigenvalue weighted by molar-refractivity contribution is -0.0526. The quantitative estimate of drug-likeness (QED) is 0.667. The molecule has 3 aliphatic rings. The van der Waals surface area contributed by atoms with Crippen molar-refractivity contribution < 1.29 is 9.57 Å². The van der Waals surface area contributed by atoms with Gasteiger partial charge in [0.2, 0.25) is 0 Å². The van der Waals surface area contributed by atoms with Crippen LogP contribution in [0.2, 0.25) is 0 Å². The van der Waals surface area contributed by atoms with Crippen molar-refractivity contribution in [3.05, 3.63) is 107 Å². The molecule has 3 aromatic carbocycles. The number of fused-ring (bicyclic) bond motifs is 3. The first-order valence-electron chi connectivity index (χ1n) is 10.7. The van der Waals surface area contributed by atoms with E-state index in [1.165, 1.54) is 16.7 Å². The van der Waals surface area contributed by atoms with Crippen LogP contribution in [0, 0.1) is 0 Å². The fourth-order valence-electron chi connectivity index (χ4n) is 5.55.